The van der Waals surface area contributed by atoms with Crippen molar-refractivity contribution in [2.75, 3.05) is 37.7 Å². The lowest BCUT2D eigenvalue weighted by molar-refractivity contribution is -0.123. The molecule has 2 saturated heterocycles. The number of carbonyl (C=O) groups excluding carboxylic acids is 1. The number of nitrogens with zero attached hydrogens (tertiary/aromatic N) is 2. The minimum atomic E-state index is -0.466. The minimum Gasteiger partial charge on any atom is -0.379 e. The van der Waals surface area contributed by atoms with Crippen LogP contribution in [0.1, 0.15) is 6.42 Å². The fourth-order valence-corrected chi connectivity index (χ4v) is 2.98. The second kappa shape index (κ2) is 5.68. The molecule has 0 aromatic heterocycles. The van der Waals surface area contributed by atoms with Crippen molar-refractivity contribution < 1.29 is 13.9 Å². The predicted molar refractivity (Wildman–Crippen MR) is 74.6 cm³/mol. The van der Waals surface area contributed by atoms with Crippen LogP contribution in [0, 0.1) is 5.82 Å². The highest BCUT2D eigenvalue weighted by molar-refractivity contribution is 6.31. The van der Waals surface area contributed by atoms with Gasteiger partial charge in [0.15, 0.2) is 0 Å². The average molecular weight is 299 g/mol. The molecule has 1 amide bonds. The fraction of sp³-hybridized carbons (Fsp3) is 0.500. The number of hydrogen-bond donors (Lipinski definition) is 0. The van der Waals surface area contributed by atoms with Crippen molar-refractivity contribution in [3.63, 3.8) is 0 Å². The van der Waals surface area contributed by atoms with Gasteiger partial charge in [-0.15, -0.1) is 0 Å². The first-order chi connectivity index (χ1) is 9.66. The third-order valence-corrected chi connectivity index (χ3v) is 4.17. The zero-order chi connectivity index (χ0) is 14.1. The van der Waals surface area contributed by atoms with Gasteiger partial charge in [-0.05, 0) is 24.6 Å². The van der Waals surface area contributed by atoms with E-state index in [2.05, 4.69) is 4.90 Å². The summed E-state index contributed by atoms with van der Waals surface area (Å²) in [6.45, 7) is 3.56. The third-order valence-electron chi connectivity index (χ3n) is 3.88. The van der Waals surface area contributed by atoms with Gasteiger partial charge >= 0.3 is 0 Å². The number of amides is 1. The average Bonchev–Trinajstić information content (AvgIpc) is 2.85. The van der Waals surface area contributed by atoms with E-state index in [1.54, 1.807) is 11.0 Å². The summed E-state index contributed by atoms with van der Waals surface area (Å²) in [7, 11) is 0. The van der Waals surface area contributed by atoms with E-state index in [1.165, 1.54) is 12.1 Å². The molecule has 2 heterocycles. The van der Waals surface area contributed by atoms with Crippen molar-refractivity contribution in [1.82, 2.24) is 4.90 Å². The van der Waals surface area contributed by atoms with Crippen molar-refractivity contribution in [3.05, 3.63) is 29.0 Å². The van der Waals surface area contributed by atoms with E-state index in [4.69, 9.17) is 16.3 Å². The standard InChI is InChI=1S/C14H16ClFN2O2/c15-11-9-10(1-2-12(11)16)18-4-3-13(14(18)19)17-5-7-20-8-6-17/h1-2,9,13H,3-8H2. The summed E-state index contributed by atoms with van der Waals surface area (Å²) >= 11 is 5.79. The van der Waals surface area contributed by atoms with E-state index in [0.29, 0.717) is 25.4 Å². The Morgan fingerprint density at radius 2 is 2.00 bits per heavy atom. The topological polar surface area (TPSA) is 32.8 Å². The molecule has 20 heavy (non-hydrogen) atoms. The molecule has 2 aliphatic rings. The number of halogens is 2. The molecule has 0 aliphatic carbocycles. The summed E-state index contributed by atoms with van der Waals surface area (Å²) in [5.41, 5.74) is 0.664. The summed E-state index contributed by atoms with van der Waals surface area (Å²) in [6, 6.07) is 4.31. The normalized spacial score (nSPS) is 24.4. The Hall–Kier alpha value is -1.17. The van der Waals surface area contributed by atoms with E-state index in [1.807, 2.05) is 0 Å². The van der Waals surface area contributed by atoms with Gasteiger partial charge in [0.2, 0.25) is 5.91 Å². The van der Waals surface area contributed by atoms with Crippen molar-refractivity contribution in [1.29, 1.82) is 0 Å². The van der Waals surface area contributed by atoms with Crippen molar-refractivity contribution in [2.24, 2.45) is 0 Å². The Balaban J connectivity index is 1.76. The molecule has 3 rings (SSSR count). The smallest absolute Gasteiger partial charge is 0.244 e. The van der Waals surface area contributed by atoms with Gasteiger partial charge < -0.3 is 9.64 Å². The van der Waals surface area contributed by atoms with Crippen molar-refractivity contribution in [3.8, 4) is 0 Å². The number of anilines is 1. The summed E-state index contributed by atoms with van der Waals surface area (Å²) < 4.78 is 18.5. The highest BCUT2D eigenvalue weighted by atomic mass is 35.5. The van der Waals surface area contributed by atoms with Crippen LogP contribution < -0.4 is 4.90 Å². The molecule has 0 spiro atoms. The largest absolute Gasteiger partial charge is 0.379 e. The zero-order valence-electron chi connectivity index (χ0n) is 11.0. The Morgan fingerprint density at radius 1 is 1.25 bits per heavy atom. The molecule has 1 aromatic carbocycles. The van der Waals surface area contributed by atoms with Gasteiger partial charge in [-0.1, -0.05) is 11.6 Å². The van der Waals surface area contributed by atoms with E-state index in [-0.39, 0.29) is 17.0 Å². The number of benzene rings is 1. The maximum Gasteiger partial charge on any atom is 0.244 e. The number of hydrogen-bond acceptors (Lipinski definition) is 3. The lowest BCUT2D eigenvalue weighted by Crippen LogP contribution is -2.47. The molecule has 0 N–H and O–H groups in total. The summed E-state index contributed by atoms with van der Waals surface area (Å²) in [5.74, 6) is -0.402. The van der Waals surface area contributed by atoms with Crippen LogP contribution in [0.5, 0.6) is 0 Å². The van der Waals surface area contributed by atoms with Crippen molar-refractivity contribution >= 4 is 23.2 Å². The maximum atomic E-state index is 13.2. The van der Waals surface area contributed by atoms with Crippen LogP contribution >= 0.6 is 11.6 Å². The van der Waals surface area contributed by atoms with Crippen LogP contribution in [-0.2, 0) is 9.53 Å². The first-order valence-electron chi connectivity index (χ1n) is 6.75. The Kier molecular flexibility index (Phi) is 3.92. The Morgan fingerprint density at radius 3 is 2.70 bits per heavy atom. The second-order valence-corrected chi connectivity index (χ2v) is 5.45. The van der Waals surface area contributed by atoms with Gasteiger partial charge in [0.25, 0.3) is 0 Å². The quantitative estimate of drug-likeness (QED) is 0.836. The third kappa shape index (κ3) is 2.53. The van der Waals surface area contributed by atoms with Gasteiger partial charge in [-0.3, -0.25) is 9.69 Å². The van der Waals surface area contributed by atoms with Crippen LogP contribution in [0.25, 0.3) is 0 Å². The number of morpholine rings is 1. The zero-order valence-corrected chi connectivity index (χ0v) is 11.8. The highest BCUT2D eigenvalue weighted by Crippen LogP contribution is 2.28. The summed E-state index contributed by atoms with van der Waals surface area (Å²) in [5, 5.41) is 0.0464. The SMILES string of the molecule is O=C1C(N2CCOCC2)CCN1c1ccc(F)c(Cl)c1. The predicted octanol–water partition coefficient (Wildman–Crippen LogP) is 1.92. The molecule has 0 bridgehead atoms. The van der Waals surface area contributed by atoms with Gasteiger partial charge in [-0.25, -0.2) is 4.39 Å². The molecule has 1 unspecified atom stereocenters. The highest BCUT2D eigenvalue weighted by Gasteiger charge is 2.37. The van der Waals surface area contributed by atoms with Gasteiger partial charge in [0.05, 0.1) is 24.3 Å². The Bertz CT molecular complexity index is 520. The molecule has 4 nitrogen and oxygen atoms in total. The lowest BCUT2D eigenvalue weighted by Gasteiger charge is -2.31. The molecule has 1 atom stereocenters. The van der Waals surface area contributed by atoms with Crippen LogP contribution in [0.2, 0.25) is 5.02 Å². The molecule has 108 valence electrons. The maximum absolute atomic E-state index is 13.2. The Labute approximate surface area is 122 Å². The van der Waals surface area contributed by atoms with Crippen LogP contribution in [0.15, 0.2) is 18.2 Å². The van der Waals surface area contributed by atoms with Crippen LogP contribution in [0.3, 0.4) is 0 Å². The molecule has 0 saturated carbocycles. The second-order valence-electron chi connectivity index (χ2n) is 5.04. The van der Waals surface area contributed by atoms with E-state index in [0.717, 1.165) is 19.5 Å². The summed E-state index contributed by atoms with van der Waals surface area (Å²) in [4.78, 5) is 16.4. The van der Waals surface area contributed by atoms with E-state index < -0.39 is 5.82 Å². The molecular formula is C14H16ClFN2O2. The van der Waals surface area contributed by atoms with E-state index in [9.17, 15) is 9.18 Å². The van der Waals surface area contributed by atoms with Gasteiger partial charge in [0, 0.05) is 25.3 Å². The molecular weight excluding hydrogens is 283 g/mol. The fourth-order valence-electron chi connectivity index (χ4n) is 2.80. The molecule has 2 fully saturated rings. The first kappa shape index (κ1) is 13.8. The van der Waals surface area contributed by atoms with Crippen LogP contribution in [-0.4, -0.2) is 49.7 Å². The monoisotopic (exact) mass is 298 g/mol. The number of ether oxygens (including phenoxy) is 1. The minimum absolute atomic E-state index is 0.0464. The molecule has 6 heteroatoms. The molecule has 0 radical (unpaired) electrons. The van der Waals surface area contributed by atoms with E-state index >= 15 is 0 Å². The lowest BCUT2D eigenvalue weighted by atomic mass is 10.2. The summed E-state index contributed by atoms with van der Waals surface area (Å²) in [6.07, 6.45) is 0.786. The number of rotatable bonds is 2. The van der Waals surface area contributed by atoms with Crippen molar-refractivity contribution in [2.45, 2.75) is 12.5 Å². The number of carbonyl (C=O) groups is 1. The van der Waals surface area contributed by atoms with Gasteiger partial charge in [0.1, 0.15) is 5.82 Å². The van der Waals surface area contributed by atoms with Crippen LogP contribution in [0.4, 0.5) is 10.1 Å². The molecule has 1 aromatic rings. The van der Waals surface area contributed by atoms with Gasteiger partial charge in [-0.2, -0.15) is 0 Å². The first-order valence-corrected chi connectivity index (χ1v) is 7.13. The molecule has 2 aliphatic heterocycles.